The van der Waals surface area contributed by atoms with E-state index in [1.165, 1.54) is 0 Å². The molecule has 1 fully saturated rings. The van der Waals surface area contributed by atoms with Crippen molar-refractivity contribution in [2.24, 2.45) is 0 Å². The highest BCUT2D eigenvalue weighted by Crippen LogP contribution is 2.10. The van der Waals surface area contributed by atoms with Gasteiger partial charge in [0, 0.05) is 6.42 Å². The molecule has 0 spiro atoms. The first-order valence-electron chi connectivity index (χ1n) is 5.45. The molecule has 0 radical (unpaired) electrons. The van der Waals surface area contributed by atoms with Crippen LogP contribution in [0, 0.1) is 0 Å². The van der Waals surface area contributed by atoms with Crippen LogP contribution in [0.2, 0.25) is 0 Å². The van der Waals surface area contributed by atoms with Gasteiger partial charge in [0.25, 0.3) is 5.91 Å². The van der Waals surface area contributed by atoms with Crippen LogP contribution in [0.1, 0.15) is 33.6 Å². The van der Waals surface area contributed by atoms with E-state index in [4.69, 9.17) is 9.47 Å². The highest BCUT2D eigenvalue weighted by molar-refractivity contribution is 5.99. The summed E-state index contributed by atoms with van der Waals surface area (Å²) in [5.74, 6) is -1.33. The molecule has 6 nitrogen and oxygen atoms in total. The van der Waals surface area contributed by atoms with Crippen molar-refractivity contribution < 1.29 is 23.9 Å². The third kappa shape index (κ3) is 4.95. The zero-order chi connectivity index (χ0) is 13.1. The first kappa shape index (κ1) is 13.6. The van der Waals surface area contributed by atoms with Crippen molar-refractivity contribution in [3.05, 3.63) is 0 Å². The molecule has 1 aliphatic rings. The van der Waals surface area contributed by atoms with Crippen LogP contribution in [-0.2, 0) is 23.9 Å². The number of amides is 2. The van der Waals surface area contributed by atoms with Gasteiger partial charge in [-0.15, -0.1) is 0 Å². The molecule has 1 heterocycles. The number of carbonyl (C=O) groups excluding carboxylic acids is 3. The number of esters is 1. The minimum absolute atomic E-state index is 0.227. The van der Waals surface area contributed by atoms with Gasteiger partial charge in [-0.25, -0.2) is 4.79 Å². The Kier molecular flexibility index (Phi) is 4.22. The quantitative estimate of drug-likeness (QED) is 0.563. The Hall–Kier alpha value is -1.43. The zero-order valence-electron chi connectivity index (χ0n) is 10.2. The van der Waals surface area contributed by atoms with Crippen molar-refractivity contribution in [3.63, 3.8) is 0 Å². The lowest BCUT2D eigenvalue weighted by atomic mass is 10.1. The van der Waals surface area contributed by atoms with E-state index >= 15 is 0 Å². The molecule has 1 aliphatic heterocycles. The van der Waals surface area contributed by atoms with Crippen LogP contribution in [-0.4, -0.2) is 36.1 Å². The van der Waals surface area contributed by atoms with Crippen LogP contribution in [0.5, 0.6) is 0 Å². The summed E-state index contributed by atoms with van der Waals surface area (Å²) in [6, 6.07) is 0. The average Bonchev–Trinajstić information content (AvgIpc) is 2.13. The fraction of sp³-hybridized carbons (Fsp3) is 0.727. The molecule has 2 amide bonds. The highest BCUT2D eigenvalue weighted by atomic mass is 16.6. The van der Waals surface area contributed by atoms with E-state index in [0.717, 1.165) is 0 Å². The summed E-state index contributed by atoms with van der Waals surface area (Å²) >= 11 is 0. The zero-order valence-corrected chi connectivity index (χ0v) is 10.2. The summed E-state index contributed by atoms with van der Waals surface area (Å²) in [7, 11) is 0. The Balaban J connectivity index is 2.33. The predicted octanol–water partition coefficient (Wildman–Crippen LogP) is 0.150. The van der Waals surface area contributed by atoms with Crippen molar-refractivity contribution in [1.82, 2.24) is 5.32 Å². The molecule has 1 atom stereocenters. The summed E-state index contributed by atoms with van der Waals surface area (Å²) in [5, 5.41) is 2.15. The molecule has 1 rings (SSSR count). The molecular weight excluding hydrogens is 226 g/mol. The van der Waals surface area contributed by atoms with Crippen LogP contribution in [0.4, 0.5) is 0 Å². The third-order valence-corrected chi connectivity index (χ3v) is 2.01. The second kappa shape index (κ2) is 5.27. The van der Waals surface area contributed by atoms with E-state index in [9.17, 15) is 14.4 Å². The number of hydrogen-bond donors (Lipinski definition) is 1. The summed E-state index contributed by atoms with van der Waals surface area (Å²) in [6.07, 6.45) is -0.224. The molecule has 1 N–H and O–H groups in total. The Bertz CT molecular complexity index is 331. The summed E-state index contributed by atoms with van der Waals surface area (Å²) < 4.78 is 10.1. The molecule has 6 heteroatoms. The number of rotatable bonds is 3. The van der Waals surface area contributed by atoms with Crippen molar-refractivity contribution in [2.75, 3.05) is 6.61 Å². The number of ether oxygens (including phenoxy) is 2. The molecule has 17 heavy (non-hydrogen) atoms. The van der Waals surface area contributed by atoms with Gasteiger partial charge in [-0.2, -0.15) is 0 Å². The van der Waals surface area contributed by atoms with Gasteiger partial charge in [0.2, 0.25) is 5.91 Å². The SMILES string of the molecule is CC(C)(C)OC(=O)COC1CCC(=O)NC1=O. The number of hydrogen-bond acceptors (Lipinski definition) is 5. The van der Waals surface area contributed by atoms with Crippen LogP contribution in [0.25, 0.3) is 0 Å². The van der Waals surface area contributed by atoms with Crippen molar-refractivity contribution in [3.8, 4) is 0 Å². The second-order valence-corrected chi connectivity index (χ2v) is 4.84. The van der Waals surface area contributed by atoms with E-state index in [1.54, 1.807) is 20.8 Å². The summed E-state index contributed by atoms with van der Waals surface area (Å²) in [4.78, 5) is 33.5. The van der Waals surface area contributed by atoms with Gasteiger partial charge >= 0.3 is 5.97 Å². The maximum Gasteiger partial charge on any atom is 0.332 e. The minimum atomic E-state index is -0.750. The van der Waals surface area contributed by atoms with Gasteiger partial charge in [0.05, 0.1) is 0 Å². The molecule has 1 saturated heterocycles. The minimum Gasteiger partial charge on any atom is -0.458 e. The molecule has 96 valence electrons. The smallest absolute Gasteiger partial charge is 0.332 e. The predicted molar refractivity (Wildman–Crippen MR) is 58.0 cm³/mol. The number of piperidine rings is 1. The van der Waals surface area contributed by atoms with Crippen molar-refractivity contribution in [1.29, 1.82) is 0 Å². The molecule has 0 aromatic heterocycles. The van der Waals surface area contributed by atoms with Crippen molar-refractivity contribution in [2.45, 2.75) is 45.3 Å². The van der Waals surface area contributed by atoms with Gasteiger partial charge in [0.1, 0.15) is 18.3 Å². The number of imide groups is 1. The molecule has 0 aliphatic carbocycles. The normalized spacial score (nSPS) is 21.0. The van der Waals surface area contributed by atoms with Crippen molar-refractivity contribution >= 4 is 17.8 Å². The van der Waals surface area contributed by atoms with Gasteiger partial charge in [-0.05, 0) is 27.2 Å². The van der Waals surface area contributed by atoms with Crippen LogP contribution < -0.4 is 5.32 Å². The van der Waals surface area contributed by atoms with Gasteiger partial charge in [-0.3, -0.25) is 14.9 Å². The third-order valence-electron chi connectivity index (χ3n) is 2.01. The van der Waals surface area contributed by atoms with Gasteiger partial charge in [-0.1, -0.05) is 0 Å². The monoisotopic (exact) mass is 243 g/mol. The second-order valence-electron chi connectivity index (χ2n) is 4.84. The molecular formula is C11H17NO5. The standard InChI is InChI=1S/C11H17NO5/c1-11(2,3)17-9(14)6-16-7-4-5-8(13)12-10(7)15/h7H,4-6H2,1-3H3,(H,12,13,15). The molecule has 1 unspecified atom stereocenters. The first-order chi connectivity index (χ1) is 7.78. The molecule has 0 aromatic carbocycles. The van der Waals surface area contributed by atoms with Crippen LogP contribution >= 0.6 is 0 Å². The van der Waals surface area contributed by atoms with Gasteiger partial charge < -0.3 is 9.47 Å². The Morgan fingerprint density at radius 3 is 2.59 bits per heavy atom. The van der Waals surface area contributed by atoms with E-state index in [0.29, 0.717) is 6.42 Å². The van der Waals surface area contributed by atoms with Crippen LogP contribution in [0.3, 0.4) is 0 Å². The lowest BCUT2D eigenvalue weighted by Gasteiger charge is -2.23. The van der Waals surface area contributed by atoms with Gasteiger partial charge in [0.15, 0.2) is 0 Å². The highest BCUT2D eigenvalue weighted by Gasteiger charge is 2.28. The molecule has 0 aromatic rings. The topological polar surface area (TPSA) is 81.7 Å². The summed E-state index contributed by atoms with van der Waals surface area (Å²) in [5.41, 5.74) is -0.578. The molecule has 0 saturated carbocycles. The van der Waals surface area contributed by atoms with E-state index in [-0.39, 0.29) is 18.9 Å². The largest absolute Gasteiger partial charge is 0.458 e. The Labute approximate surface area is 99.6 Å². The van der Waals surface area contributed by atoms with E-state index in [1.807, 2.05) is 0 Å². The summed E-state index contributed by atoms with van der Waals surface area (Å²) in [6.45, 7) is 4.95. The van der Waals surface area contributed by atoms with E-state index in [2.05, 4.69) is 5.32 Å². The lowest BCUT2D eigenvalue weighted by molar-refractivity contribution is -0.164. The fourth-order valence-electron chi connectivity index (χ4n) is 1.37. The average molecular weight is 243 g/mol. The van der Waals surface area contributed by atoms with E-state index < -0.39 is 23.6 Å². The Morgan fingerprint density at radius 2 is 2.06 bits per heavy atom. The fourth-order valence-corrected chi connectivity index (χ4v) is 1.37. The maximum atomic E-state index is 11.3. The first-order valence-corrected chi connectivity index (χ1v) is 5.45. The maximum absolute atomic E-state index is 11.3. The van der Waals surface area contributed by atoms with Crippen LogP contribution in [0.15, 0.2) is 0 Å². The number of carbonyl (C=O) groups is 3. The molecule has 0 bridgehead atoms. The lowest BCUT2D eigenvalue weighted by Crippen LogP contribution is -2.45. The number of nitrogens with one attached hydrogen (secondary N) is 1. The Morgan fingerprint density at radius 1 is 1.41 bits per heavy atom.